The first-order valence-electron chi connectivity index (χ1n) is 17.6. The summed E-state index contributed by atoms with van der Waals surface area (Å²) in [4.78, 5) is 16.7. The van der Waals surface area contributed by atoms with E-state index in [2.05, 4.69) is 84.0 Å². The van der Waals surface area contributed by atoms with Crippen molar-refractivity contribution in [3.05, 3.63) is 88.3 Å². The topological polar surface area (TPSA) is 63.3 Å². The van der Waals surface area contributed by atoms with Gasteiger partial charge in [-0.15, -0.1) is 23.3 Å². The van der Waals surface area contributed by atoms with Crippen molar-refractivity contribution in [2.45, 2.75) is 107 Å². The van der Waals surface area contributed by atoms with Crippen molar-refractivity contribution in [1.29, 1.82) is 0 Å². The van der Waals surface area contributed by atoms with Gasteiger partial charge in [0.2, 0.25) is 0 Å². The van der Waals surface area contributed by atoms with Gasteiger partial charge in [-0.25, -0.2) is 0 Å². The van der Waals surface area contributed by atoms with Crippen LogP contribution in [0.2, 0.25) is 0 Å². The number of carbonyl (C=O) groups is 1. The number of fused-ring (bicyclic) bond motifs is 4. The van der Waals surface area contributed by atoms with Crippen LogP contribution in [0.4, 0.5) is 0 Å². The molecule has 257 valence electrons. The molecule has 48 heavy (non-hydrogen) atoms. The molecule has 1 aliphatic carbocycles. The fourth-order valence-electron chi connectivity index (χ4n) is 7.49. The SMILES string of the molecule is CCC(CC)C(=O)/C=C(\O)C(CC)CC.Cc1ccc2c3c([c-]cc2c1)-c1ncc(C)c2oc4c(CC(C)C)ccc(c4c12)C3(C)C.[Ir]. The molecule has 3 aromatic carbocycles. The Labute approximate surface area is 300 Å². The van der Waals surface area contributed by atoms with Gasteiger partial charge in [0.25, 0.3) is 0 Å². The van der Waals surface area contributed by atoms with E-state index in [1.165, 1.54) is 44.5 Å². The van der Waals surface area contributed by atoms with Crippen molar-refractivity contribution >= 4 is 38.5 Å². The number of allylic oxidation sites excluding steroid dienone is 2. The number of pyridine rings is 1. The first kappa shape index (κ1) is 37.5. The fourth-order valence-corrected chi connectivity index (χ4v) is 7.49. The Morgan fingerprint density at radius 1 is 0.958 bits per heavy atom. The average molecular weight is 823 g/mol. The first-order chi connectivity index (χ1) is 22.4. The third-order valence-corrected chi connectivity index (χ3v) is 10.2. The monoisotopic (exact) mass is 823 g/mol. The van der Waals surface area contributed by atoms with Crippen LogP contribution in [-0.2, 0) is 36.7 Å². The van der Waals surface area contributed by atoms with Crippen LogP contribution in [0.15, 0.2) is 58.8 Å². The summed E-state index contributed by atoms with van der Waals surface area (Å²) in [6.07, 6.45) is 7.86. The van der Waals surface area contributed by atoms with Crippen molar-refractivity contribution in [3.8, 4) is 11.3 Å². The number of benzene rings is 3. The van der Waals surface area contributed by atoms with Gasteiger partial charge < -0.3 is 14.5 Å². The van der Waals surface area contributed by atoms with Gasteiger partial charge in [-0.3, -0.25) is 4.79 Å². The predicted molar refractivity (Wildman–Crippen MR) is 197 cm³/mol. The van der Waals surface area contributed by atoms with E-state index in [4.69, 9.17) is 9.40 Å². The maximum Gasteiger partial charge on any atom is 0.162 e. The predicted octanol–water partition coefficient (Wildman–Crippen LogP) is 11.9. The third kappa shape index (κ3) is 6.78. The molecule has 2 aromatic heterocycles. The summed E-state index contributed by atoms with van der Waals surface area (Å²) in [7, 11) is 0. The molecule has 1 aliphatic rings. The van der Waals surface area contributed by atoms with Crippen LogP contribution in [0, 0.1) is 37.7 Å². The fraction of sp³-hybridized carbons (Fsp3) is 0.442. The zero-order valence-corrected chi connectivity index (χ0v) is 32.8. The van der Waals surface area contributed by atoms with E-state index >= 15 is 0 Å². The van der Waals surface area contributed by atoms with Crippen LogP contribution in [0.5, 0.6) is 0 Å². The van der Waals surface area contributed by atoms with Gasteiger partial charge in [0.15, 0.2) is 5.78 Å². The van der Waals surface area contributed by atoms with Gasteiger partial charge >= 0.3 is 0 Å². The van der Waals surface area contributed by atoms with Crippen molar-refractivity contribution in [1.82, 2.24) is 4.98 Å². The number of aliphatic hydroxyl groups is 1. The normalized spacial score (nSPS) is 13.6. The zero-order valence-electron chi connectivity index (χ0n) is 30.4. The molecule has 0 saturated carbocycles. The van der Waals surface area contributed by atoms with Crippen molar-refractivity contribution < 1.29 is 34.4 Å². The summed E-state index contributed by atoms with van der Waals surface area (Å²) in [5, 5.41) is 14.7. The smallest absolute Gasteiger partial charge is 0.162 e. The molecule has 1 N–H and O–H groups in total. The Kier molecular flexibility index (Phi) is 11.8. The van der Waals surface area contributed by atoms with Crippen LogP contribution >= 0.6 is 0 Å². The van der Waals surface area contributed by atoms with Crippen LogP contribution in [0.3, 0.4) is 0 Å². The van der Waals surface area contributed by atoms with Gasteiger partial charge in [-0.2, -0.15) is 0 Å². The molecule has 0 bridgehead atoms. The Morgan fingerprint density at radius 2 is 1.62 bits per heavy atom. The maximum absolute atomic E-state index is 11.7. The van der Waals surface area contributed by atoms with Gasteiger partial charge in [0, 0.05) is 66.2 Å². The minimum atomic E-state index is -0.222. The summed E-state index contributed by atoms with van der Waals surface area (Å²) in [6.45, 7) is 21.5. The third-order valence-electron chi connectivity index (χ3n) is 10.2. The van der Waals surface area contributed by atoms with Gasteiger partial charge in [0.1, 0.15) is 11.2 Å². The summed E-state index contributed by atoms with van der Waals surface area (Å²) < 4.78 is 6.63. The Bertz CT molecular complexity index is 1970. The number of carbonyl (C=O) groups excluding carboxylic acids is 1. The standard InChI is InChI=1S/C30H28NO.C13H24O2.Ir/c1-16(2)13-20-9-12-23-24-25-27(31-15-18(4)28(25)32-29(20)24)22-11-8-19-14-17(3)7-10-21(19)26(22)30(23,5)6;1-5-10(6-2)12(14)9-13(15)11(7-3)8-4;/h7-10,12,14-16H,13H2,1-6H3;9-11,14H,5-8H2,1-4H3;/q-1;;/b;12-9-;. The molecule has 0 aliphatic heterocycles. The van der Waals surface area contributed by atoms with Crippen molar-refractivity contribution in [2.75, 3.05) is 0 Å². The second kappa shape index (κ2) is 15.1. The summed E-state index contributed by atoms with van der Waals surface area (Å²) >= 11 is 0. The zero-order chi connectivity index (χ0) is 34.2. The molecule has 0 amide bonds. The molecular weight excluding hydrogens is 771 g/mol. The van der Waals surface area contributed by atoms with Gasteiger partial charge in [-0.05, 0) is 68.4 Å². The summed E-state index contributed by atoms with van der Waals surface area (Å²) in [6, 6.07) is 17.1. The van der Waals surface area contributed by atoms with Crippen LogP contribution in [-0.4, -0.2) is 15.9 Å². The molecule has 5 heteroatoms. The van der Waals surface area contributed by atoms with E-state index < -0.39 is 0 Å². The van der Waals surface area contributed by atoms with Crippen LogP contribution < -0.4 is 0 Å². The van der Waals surface area contributed by atoms with E-state index in [1.807, 2.05) is 33.9 Å². The second-order valence-electron chi connectivity index (χ2n) is 14.4. The number of rotatable bonds is 9. The largest absolute Gasteiger partial charge is 0.512 e. The Hall–Kier alpha value is -3.27. The maximum atomic E-state index is 11.7. The van der Waals surface area contributed by atoms with Crippen molar-refractivity contribution in [3.63, 3.8) is 0 Å². The number of hydrogen-bond acceptors (Lipinski definition) is 4. The summed E-state index contributed by atoms with van der Waals surface area (Å²) in [5.74, 6) is 1.11. The Morgan fingerprint density at radius 3 is 2.25 bits per heavy atom. The molecule has 5 aromatic rings. The van der Waals surface area contributed by atoms with Crippen LogP contribution in [0.25, 0.3) is 44.0 Å². The first-order valence-corrected chi connectivity index (χ1v) is 17.6. The molecule has 0 unspecified atom stereocenters. The molecule has 4 nitrogen and oxygen atoms in total. The molecule has 1 radical (unpaired) electrons. The van der Waals surface area contributed by atoms with Crippen LogP contribution in [0.1, 0.15) is 109 Å². The number of aromatic nitrogens is 1. The number of aliphatic hydroxyl groups excluding tert-OH is 1. The quantitative estimate of drug-likeness (QED) is 0.0914. The van der Waals surface area contributed by atoms with Gasteiger partial charge in [0.05, 0.1) is 5.76 Å². The average Bonchev–Trinajstić information content (AvgIpc) is 3.41. The molecule has 2 heterocycles. The number of hydrogen-bond donors (Lipinski definition) is 1. The van der Waals surface area contributed by atoms with E-state index in [1.54, 1.807) is 0 Å². The van der Waals surface area contributed by atoms with Gasteiger partial charge in [-0.1, -0.05) is 102 Å². The molecular formula is C43H52IrNO3-. The number of ketones is 1. The van der Waals surface area contributed by atoms with E-state index in [9.17, 15) is 9.90 Å². The minimum absolute atomic E-state index is 0. The molecule has 0 atom stereocenters. The van der Waals surface area contributed by atoms with Crippen molar-refractivity contribution in [2.24, 2.45) is 17.8 Å². The van der Waals surface area contributed by atoms with E-state index in [0.717, 1.165) is 65.5 Å². The second-order valence-corrected chi connectivity index (χ2v) is 14.4. The van der Waals surface area contributed by atoms with E-state index in [0.29, 0.717) is 5.92 Å². The van der Waals surface area contributed by atoms with E-state index in [-0.39, 0.29) is 48.9 Å². The number of aryl methyl sites for hydroxylation is 2. The number of nitrogens with zero attached hydrogens (tertiary/aromatic N) is 1. The molecule has 0 fully saturated rings. The summed E-state index contributed by atoms with van der Waals surface area (Å²) in [5.41, 5.74) is 10.1. The number of furan rings is 1. The molecule has 0 spiro atoms. The molecule has 0 saturated heterocycles. The Balaban J connectivity index is 0.000000279. The minimum Gasteiger partial charge on any atom is -0.512 e. The molecule has 6 rings (SSSR count).